The molecule has 178 valence electrons. The van der Waals surface area contributed by atoms with Crippen LogP contribution in [0.15, 0.2) is 122 Å². The summed E-state index contributed by atoms with van der Waals surface area (Å²) in [6.45, 7) is 18.8. The molecule has 0 N–H and O–H groups in total. The normalized spacial score (nSPS) is 25.5. The zero-order valence-corrected chi connectivity index (χ0v) is 21.4. The van der Waals surface area contributed by atoms with Crippen LogP contribution in [0.5, 0.6) is 0 Å². The van der Waals surface area contributed by atoms with E-state index >= 15 is 0 Å². The molecule has 36 heavy (non-hydrogen) atoms. The summed E-state index contributed by atoms with van der Waals surface area (Å²) >= 11 is 0. The minimum absolute atomic E-state index is 0.127. The first-order valence-electron chi connectivity index (χ1n) is 13.2. The molecule has 5 atom stereocenters. The van der Waals surface area contributed by atoms with Gasteiger partial charge in [0.25, 0.3) is 0 Å². The second-order valence-corrected chi connectivity index (χ2v) is 10.7. The van der Waals surface area contributed by atoms with Gasteiger partial charge in [-0.2, -0.15) is 0 Å². The first-order valence-corrected chi connectivity index (χ1v) is 13.2. The molecule has 4 aromatic rings. The lowest BCUT2D eigenvalue weighted by Gasteiger charge is -2.52. The molecular weight excluding hydrogens is 432 g/mol. The van der Waals surface area contributed by atoms with E-state index in [0.29, 0.717) is 11.8 Å². The van der Waals surface area contributed by atoms with Crippen LogP contribution >= 0.6 is 0 Å². The molecule has 6 rings (SSSR count). The van der Waals surface area contributed by atoms with Crippen LogP contribution in [0, 0.1) is 11.8 Å². The maximum Gasteiger partial charge on any atom is 0.0264 e. The van der Waals surface area contributed by atoms with E-state index in [2.05, 4.69) is 111 Å². The van der Waals surface area contributed by atoms with Crippen LogP contribution in [0.4, 0.5) is 0 Å². The Morgan fingerprint density at radius 1 is 0.667 bits per heavy atom. The summed E-state index contributed by atoms with van der Waals surface area (Å²) in [7, 11) is 0. The largest absolute Gasteiger partial charge is 0.0983 e. The van der Waals surface area contributed by atoms with E-state index in [4.69, 9.17) is 13.2 Å². The van der Waals surface area contributed by atoms with Crippen molar-refractivity contribution in [2.24, 2.45) is 11.8 Å². The van der Waals surface area contributed by atoms with Crippen LogP contribution in [0.1, 0.15) is 59.4 Å². The van der Waals surface area contributed by atoms with Crippen LogP contribution in [0.2, 0.25) is 0 Å². The van der Waals surface area contributed by atoms with E-state index in [1.54, 1.807) is 0 Å². The molecule has 0 spiro atoms. The predicted molar refractivity (Wildman–Crippen MR) is 154 cm³/mol. The number of hydrogen-bond acceptors (Lipinski definition) is 0. The van der Waals surface area contributed by atoms with Crippen molar-refractivity contribution in [3.8, 4) is 0 Å². The summed E-state index contributed by atoms with van der Waals surface area (Å²) in [6, 6.07) is 33.6. The fraction of sp³-hybridized carbons (Fsp3) is 0.222. The number of rotatable bonds is 3. The van der Waals surface area contributed by atoms with Gasteiger partial charge in [0.2, 0.25) is 0 Å². The van der Waals surface area contributed by atoms with Crippen molar-refractivity contribution in [2.75, 3.05) is 0 Å². The zero-order valence-electron chi connectivity index (χ0n) is 21.4. The molecule has 0 bridgehead atoms. The zero-order chi connectivity index (χ0) is 25.0. The Hall–Kier alpha value is -3.64. The van der Waals surface area contributed by atoms with Gasteiger partial charge in [0, 0.05) is 17.8 Å². The molecule has 0 nitrogen and oxygen atoms in total. The van der Waals surface area contributed by atoms with Gasteiger partial charge in [-0.15, -0.1) is 0 Å². The summed E-state index contributed by atoms with van der Waals surface area (Å²) < 4.78 is 0. The van der Waals surface area contributed by atoms with Gasteiger partial charge in [-0.05, 0) is 74.6 Å². The van der Waals surface area contributed by atoms with Crippen LogP contribution < -0.4 is 0 Å². The molecule has 0 aliphatic heterocycles. The highest BCUT2D eigenvalue weighted by molar-refractivity contribution is 5.90. The van der Waals surface area contributed by atoms with Crippen LogP contribution in [0.25, 0.3) is 16.3 Å². The lowest BCUT2D eigenvalue weighted by atomic mass is 9.51. The topological polar surface area (TPSA) is 0 Å². The van der Waals surface area contributed by atoms with Crippen molar-refractivity contribution in [3.05, 3.63) is 150 Å². The molecule has 0 heterocycles. The van der Waals surface area contributed by atoms with Gasteiger partial charge >= 0.3 is 0 Å². The number of benzene rings is 4. The smallest absolute Gasteiger partial charge is 0.0264 e. The predicted octanol–water partition coefficient (Wildman–Crippen LogP) is 9.46. The van der Waals surface area contributed by atoms with Crippen LogP contribution in [-0.4, -0.2) is 0 Å². The number of aryl methyl sites for hydroxylation is 1. The third-order valence-corrected chi connectivity index (χ3v) is 8.89. The highest BCUT2D eigenvalue weighted by atomic mass is 14.5. The second-order valence-electron chi connectivity index (χ2n) is 10.7. The molecular formula is C36H34. The van der Waals surface area contributed by atoms with E-state index in [0.717, 1.165) is 6.42 Å². The Morgan fingerprint density at radius 3 is 1.97 bits per heavy atom. The second kappa shape index (κ2) is 8.79. The van der Waals surface area contributed by atoms with Crippen molar-refractivity contribution in [2.45, 2.75) is 38.0 Å². The minimum atomic E-state index is 0.127. The Balaban J connectivity index is 1.60. The third-order valence-electron chi connectivity index (χ3n) is 8.89. The molecule has 1 saturated carbocycles. The van der Waals surface area contributed by atoms with Crippen molar-refractivity contribution < 1.29 is 0 Å². The SMILES string of the molecule is C=C1c2cc3cc(CC)ccc3cc2C2C(=C)C(c3ccccc3)C(=C)C(c3ccccc3)C2C1C. The van der Waals surface area contributed by atoms with Crippen molar-refractivity contribution in [1.82, 2.24) is 0 Å². The van der Waals surface area contributed by atoms with Gasteiger partial charge < -0.3 is 0 Å². The van der Waals surface area contributed by atoms with Gasteiger partial charge in [-0.1, -0.05) is 124 Å². The molecule has 2 aliphatic carbocycles. The van der Waals surface area contributed by atoms with Gasteiger partial charge in [0.1, 0.15) is 0 Å². The number of allylic oxidation sites excluding steroid dienone is 3. The van der Waals surface area contributed by atoms with Crippen molar-refractivity contribution in [3.63, 3.8) is 0 Å². The van der Waals surface area contributed by atoms with E-state index < -0.39 is 0 Å². The quantitative estimate of drug-likeness (QED) is 0.264. The van der Waals surface area contributed by atoms with Gasteiger partial charge in [-0.3, -0.25) is 0 Å². The third kappa shape index (κ3) is 3.43. The molecule has 0 radical (unpaired) electrons. The summed E-state index contributed by atoms with van der Waals surface area (Å²) in [4.78, 5) is 0. The minimum Gasteiger partial charge on any atom is -0.0983 e. The standard InChI is InChI=1S/C36H34/c1-6-26-17-18-29-20-32-31(21-30(29)19-26)22(2)23(3)36-34(28-15-11-8-12-16-28)24(4)33(25(5)35(32)36)27-13-9-7-10-14-27/h7-21,23,33-36H,2,4-6H2,1,3H3. The molecule has 4 aromatic carbocycles. The maximum atomic E-state index is 4.81. The average molecular weight is 467 g/mol. The Kier molecular flexibility index (Phi) is 5.56. The highest BCUT2D eigenvalue weighted by Crippen LogP contribution is 2.63. The number of fused-ring (bicyclic) bond motifs is 4. The average Bonchev–Trinajstić information content (AvgIpc) is 2.91. The first kappa shape index (κ1) is 22.8. The summed E-state index contributed by atoms with van der Waals surface area (Å²) in [5.41, 5.74) is 10.5. The molecule has 0 aromatic heterocycles. The van der Waals surface area contributed by atoms with Gasteiger partial charge in [0.05, 0.1) is 0 Å². The fourth-order valence-electron chi connectivity index (χ4n) is 7.04. The Morgan fingerprint density at radius 2 is 1.31 bits per heavy atom. The lowest BCUT2D eigenvalue weighted by molar-refractivity contribution is 0.294. The highest BCUT2D eigenvalue weighted by Gasteiger charge is 2.50. The number of hydrogen-bond donors (Lipinski definition) is 0. The van der Waals surface area contributed by atoms with E-state index in [9.17, 15) is 0 Å². The van der Waals surface area contributed by atoms with E-state index in [1.165, 1.54) is 55.3 Å². The maximum absolute atomic E-state index is 4.81. The Bertz CT molecular complexity index is 1490. The van der Waals surface area contributed by atoms with E-state index in [-0.39, 0.29) is 17.8 Å². The molecule has 5 unspecified atom stereocenters. The lowest BCUT2D eigenvalue weighted by Crippen LogP contribution is -2.39. The summed E-state index contributed by atoms with van der Waals surface area (Å²) in [6.07, 6.45) is 1.05. The molecule has 0 amide bonds. The van der Waals surface area contributed by atoms with E-state index in [1.807, 2.05) is 0 Å². The molecule has 0 heteroatoms. The van der Waals surface area contributed by atoms with Crippen molar-refractivity contribution >= 4 is 16.3 Å². The fourth-order valence-corrected chi connectivity index (χ4v) is 7.04. The molecule has 2 aliphatic rings. The molecule has 1 fully saturated rings. The summed E-state index contributed by atoms with van der Waals surface area (Å²) in [5, 5.41) is 2.61. The molecule has 0 saturated heterocycles. The monoisotopic (exact) mass is 466 g/mol. The van der Waals surface area contributed by atoms with Crippen LogP contribution in [0.3, 0.4) is 0 Å². The summed E-state index contributed by atoms with van der Waals surface area (Å²) in [5.74, 6) is 1.29. The Labute approximate surface area is 215 Å². The van der Waals surface area contributed by atoms with Crippen molar-refractivity contribution in [1.29, 1.82) is 0 Å². The van der Waals surface area contributed by atoms with Gasteiger partial charge in [0.15, 0.2) is 0 Å². The van der Waals surface area contributed by atoms with Gasteiger partial charge in [-0.25, -0.2) is 0 Å². The first-order chi connectivity index (χ1) is 17.5. The van der Waals surface area contributed by atoms with Crippen LogP contribution in [-0.2, 0) is 6.42 Å².